The molecule has 100 valence electrons. The first-order chi connectivity index (χ1) is 8.61. The number of aromatic nitrogens is 1. The third-order valence-electron chi connectivity index (χ3n) is 3.75. The van der Waals surface area contributed by atoms with Gasteiger partial charge >= 0.3 is 0 Å². The monoisotopic (exact) mass is 268 g/mol. The normalized spacial score (nSPS) is 17.9. The fourth-order valence-corrected chi connectivity index (χ4v) is 2.70. The Morgan fingerprint density at radius 3 is 2.72 bits per heavy atom. The summed E-state index contributed by atoms with van der Waals surface area (Å²) in [6, 6.07) is 2.28. The number of nitrogens with two attached hydrogens (primary N) is 1. The minimum atomic E-state index is 0.517. The molecule has 1 aromatic rings. The van der Waals surface area contributed by atoms with Crippen LogP contribution in [-0.2, 0) is 0 Å². The number of nitrogen functional groups attached to an aromatic ring is 1. The Labute approximate surface area is 114 Å². The average Bonchev–Trinajstić information content (AvgIpc) is 2.38. The van der Waals surface area contributed by atoms with E-state index in [-0.39, 0.29) is 0 Å². The second-order valence-electron chi connectivity index (χ2n) is 4.84. The quantitative estimate of drug-likeness (QED) is 0.913. The highest BCUT2D eigenvalue weighted by molar-refractivity contribution is 6.30. The molecule has 4 nitrogen and oxygen atoms in total. The predicted octanol–water partition coefficient (Wildman–Crippen LogP) is 2.24. The Kier molecular flexibility index (Phi) is 4.30. The number of pyridine rings is 1. The first-order valence-electron chi connectivity index (χ1n) is 6.48. The summed E-state index contributed by atoms with van der Waals surface area (Å²) in [5, 5.41) is 0.588. The standard InChI is InChI=1S/C13H21ClN4/c1-3-18-6-4-11(5-7-18)17(2)13-12(15)8-10(14)9-16-13/h8-9,11H,3-7,15H2,1-2H3. The Morgan fingerprint density at radius 1 is 1.50 bits per heavy atom. The lowest BCUT2D eigenvalue weighted by Crippen LogP contribution is -2.43. The summed E-state index contributed by atoms with van der Waals surface area (Å²) >= 11 is 5.88. The molecule has 1 aliphatic rings. The number of piperidine rings is 1. The number of hydrogen-bond donors (Lipinski definition) is 1. The Hall–Kier alpha value is -1.00. The number of halogens is 1. The van der Waals surface area contributed by atoms with E-state index in [0.717, 1.165) is 38.3 Å². The van der Waals surface area contributed by atoms with Gasteiger partial charge in [0.05, 0.1) is 10.7 Å². The van der Waals surface area contributed by atoms with Crippen LogP contribution >= 0.6 is 11.6 Å². The fraction of sp³-hybridized carbons (Fsp3) is 0.615. The van der Waals surface area contributed by atoms with Crippen molar-refractivity contribution in [1.82, 2.24) is 9.88 Å². The van der Waals surface area contributed by atoms with Gasteiger partial charge in [-0.05, 0) is 25.5 Å². The number of hydrogen-bond acceptors (Lipinski definition) is 4. The molecule has 2 heterocycles. The Bertz CT molecular complexity index is 402. The SMILES string of the molecule is CCN1CCC(N(C)c2ncc(Cl)cc2N)CC1. The molecule has 0 atom stereocenters. The Balaban J connectivity index is 2.05. The van der Waals surface area contributed by atoms with Crippen LogP contribution in [0.5, 0.6) is 0 Å². The molecule has 0 spiro atoms. The summed E-state index contributed by atoms with van der Waals surface area (Å²) in [5.41, 5.74) is 6.64. The molecule has 0 unspecified atom stereocenters. The van der Waals surface area contributed by atoms with Crippen LogP contribution in [0.3, 0.4) is 0 Å². The van der Waals surface area contributed by atoms with E-state index in [1.807, 2.05) is 0 Å². The third kappa shape index (κ3) is 2.87. The van der Waals surface area contributed by atoms with Crippen molar-refractivity contribution >= 4 is 23.1 Å². The maximum absolute atomic E-state index is 5.98. The highest BCUT2D eigenvalue weighted by Gasteiger charge is 2.23. The summed E-state index contributed by atoms with van der Waals surface area (Å²) in [5.74, 6) is 0.842. The van der Waals surface area contributed by atoms with Gasteiger partial charge in [-0.15, -0.1) is 0 Å². The summed E-state index contributed by atoms with van der Waals surface area (Å²) in [7, 11) is 2.07. The van der Waals surface area contributed by atoms with Crippen LogP contribution < -0.4 is 10.6 Å². The highest BCUT2D eigenvalue weighted by atomic mass is 35.5. The van der Waals surface area contributed by atoms with Crippen LogP contribution in [0.4, 0.5) is 11.5 Å². The third-order valence-corrected chi connectivity index (χ3v) is 3.95. The van der Waals surface area contributed by atoms with E-state index < -0.39 is 0 Å². The molecule has 2 rings (SSSR count). The molecule has 2 N–H and O–H groups in total. The van der Waals surface area contributed by atoms with E-state index in [9.17, 15) is 0 Å². The molecule has 0 saturated carbocycles. The number of rotatable bonds is 3. The topological polar surface area (TPSA) is 45.4 Å². The summed E-state index contributed by atoms with van der Waals surface area (Å²) in [6.07, 6.45) is 3.98. The smallest absolute Gasteiger partial charge is 0.151 e. The molecule has 0 amide bonds. The maximum Gasteiger partial charge on any atom is 0.151 e. The molecule has 0 radical (unpaired) electrons. The van der Waals surface area contributed by atoms with Crippen molar-refractivity contribution in [1.29, 1.82) is 0 Å². The molecule has 1 aromatic heterocycles. The van der Waals surface area contributed by atoms with E-state index in [2.05, 4.69) is 28.8 Å². The van der Waals surface area contributed by atoms with Crippen molar-refractivity contribution in [3.63, 3.8) is 0 Å². The minimum Gasteiger partial charge on any atom is -0.396 e. The molecule has 18 heavy (non-hydrogen) atoms. The van der Waals surface area contributed by atoms with Crippen molar-refractivity contribution in [3.05, 3.63) is 17.3 Å². The van der Waals surface area contributed by atoms with E-state index in [1.165, 1.54) is 0 Å². The summed E-state index contributed by atoms with van der Waals surface area (Å²) in [6.45, 7) is 5.65. The van der Waals surface area contributed by atoms with E-state index in [0.29, 0.717) is 16.8 Å². The van der Waals surface area contributed by atoms with Gasteiger partial charge in [0.2, 0.25) is 0 Å². The van der Waals surface area contributed by atoms with Crippen LogP contribution in [0, 0.1) is 0 Å². The lowest BCUT2D eigenvalue weighted by molar-refractivity contribution is 0.220. The summed E-state index contributed by atoms with van der Waals surface area (Å²) in [4.78, 5) is 9.02. The molecular formula is C13H21ClN4. The van der Waals surface area contributed by atoms with Crippen LogP contribution in [0.15, 0.2) is 12.3 Å². The maximum atomic E-state index is 5.98. The van der Waals surface area contributed by atoms with Gasteiger partial charge in [-0.3, -0.25) is 0 Å². The molecule has 1 aliphatic heterocycles. The van der Waals surface area contributed by atoms with Gasteiger partial charge in [0.1, 0.15) is 0 Å². The van der Waals surface area contributed by atoms with Gasteiger partial charge < -0.3 is 15.5 Å². The minimum absolute atomic E-state index is 0.517. The molecule has 1 saturated heterocycles. The lowest BCUT2D eigenvalue weighted by atomic mass is 10.0. The van der Waals surface area contributed by atoms with Crippen LogP contribution in [0.2, 0.25) is 5.02 Å². The first-order valence-corrected chi connectivity index (χ1v) is 6.85. The number of likely N-dealkylation sites (tertiary alicyclic amines) is 1. The highest BCUT2D eigenvalue weighted by Crippen LogP contribution is 2.26. The van der Waals surface area contributed by atoms with Crippen molar-refractivity contribution in [2.75, 3.05) is 37.3 Å². The molecule has 0 bridgehead atoms. The van der Waals surface area contributed by atoms with Crippen LogP contribution in [0.1, 0.15) is 19.8 Å². The lowest BCUT2D eigenvalue weighted by Gasteiger charge is -2.37. The van der Waals surface area contributed by atoms with Crippen molar-refractivity contribution in [3.8, 4) is 0 Å². The van der Waals surface area contributed by atoms with Crippen molar-refractivity contribution in [2.24, 2.45) is 0 Å². The van der Waals surface area contributed by atoms with Gasteiger partial charge in [-0.25, -0.2) is 4.98 Å². The van der Waals surface area contributed by atoms with Crippen LogP contribution in [-0.4, -0.2) is 42.6 Å². The molecule has 1 fully saturated rings. The summed E-state index contributed by atoms with van der Waals surface area (Å²) < 4.78 is 0. The second-order valence-corrected chi connectivity index (χ2v) is 5.28. The van der Waals surface area contributed by atoms with Gasteiger partial charge in [-0.1, -0.05) is 18.5 Å². The second kappa shape index (κ2) is 5.76. The predicted molar refractivity (Wildman–Crippen MR) is 77.2 cm³/mol. The molecule has 0 aromatic carbocycles. The van der Waals surface area contributed by atoms with Gasteiger partial charge in [-0.2, -0.15) is 0 Å². The Morgan fingerprint density at radius 2 is 2.17 bits per heavy atom. The zero-order valence-electron chi connectivity index (χ0n) is 11.1. The van der Waals surface area contributed by atoms with Gasteiger partial charge in [0, 0.05) is 32.4 Å². The van der Waals surface area contributed by atoms with Gasteiger partial charge in [0.25, 0.3) is 0 Å². The average molecular weight is 269 g/mol. The number of nitrogens with zero attached hydrogens (tertiary/aromatic N) is 3. The van der Waals surface area contributed by atoms with E-state index in [4.69, 9.17) is 17.3 Å². The molecule has 5 heteroatoms. The number of anilines is 2. The van der Waals surface area contributed by atoms with E-state index >= 15 is 0 Å². The fourth-order valence-electron chi connectivity index (χ4n) is 2.54. The van der Waals surface area contributed by atoms with Crippen molar-refractivity contribution in [2.45, 2.75) is 25.8 Å². The molecule has 0 aliphatic carbocycles. The largest absolute Gasteiger partial charge is 0.396 e. The zero-order chi connectivity index (χ0) is 13.1. The van der Waals surface area contributed by atoms with Crippen molar-refractivity contribution < 1.29 is 0 Å². The van der Waals surface area contributed by atoms with E-state index in [1.54, 1.807) is 12.3 Å². The molecular weight excluding hydrogens is 248 g/mol. The zero-order valence-corrected chi connectivity index (χ0v) is 11.8. The van der Waals surface area contributed by atoms with Crippen LogP contribution in [0.25, 0.3) is 0 Å². The first kappa shape index (κ1) is 13.4. The van der Waals surface area contributed by atoms with Gasteiger partial charge in [0.15, 0.2) is 5.82 Å².